The molecule has 0 fully saturated rings. The zero-order valence-electron chi connectivity index (χ0n) is 17.6. The molecule has 4 aromatic rings. The van der Waals surface area contributed by atoms with E-state index in [1.165, 1.54) is 30.6 Å². The van der Waals surface area contributed by atoms with Gasteiger partial charge >= 0.3 is 5.97 Å². The number of hydrogen-bond donors (Lipinski definition) is 2. The Labute approximate surface area is 192 Å². The topological polar surface area (TPSA) is 107 Å². The summed E-state index contributed by atoms with van der Waals surface area (Å²) >= 11 is 7.44. The van der Waals surface area contributed by atoms with Gasteiger partial charge in [0.15, 0.2) is 0 Å². The molecule has 0 amide bonds. The monoisotopic (exact) mass is 469 g/mol. The number of esters is 1. The number of fused-ring (bicyclic) bond motifs is 1. The zero-order chi connectivity index (χ0) is 23.0. The van der Waals surface area contributed by atoms with Crippen LogP contribution < -0.4 is 16.0 Å². The number of H-pyrrole nitrogens is 1. The molecule has 0 unspecified atom stereocenters. The molecule has 0 radical (unpaired) electrons. The Morgan fingerprint density at radius 1 is 1.22 bits per heavy atom. The van der Waals surface area contributed by atoms with Gasteiger partial charge in [0.05, 0.1) is 23.2 Å². The molecule has 3 N–H and O–H groups in total. The normalized spacial score (nSPS) is 11.0. The van der Waals surface area contributed by atoms with Gasteiger partial charge in [-0.05, 0) is 25.5 Å². The Morgan fingerprint density at radius 3 is 2.62 bits per heavy atom. The lowest BCUT2D eigenvalue weighted by atomic mass is 10.0. The third-order valence-corrected chi connectivity index (χ3v) is 6.33. The number of nitrogen functional groups attached to an aromatic ring is 1. The molecular formula is C23H20ClN3O4S. The van der Waals surface area contributed by atoms with Gasteiger partial charge in [0.2, 0.25) is 0 Å². The van der Waals surface area contributed by atoms with Crippen LogP contribution in [0.4, 0.5) is 5.69 Å². The van der Waals surface area contributed by atoms with E-state index < -0.39 is 5.97 Å². The summed E-state index contributed by atoms with van der Waals surface area (Å²) in [6, 6.07) is 10.8. The summed E-state index contributed by atoms with van der Waals surface area (Å²) < 4.78 is 10.5. The highest BCUT2D eigenvalue weighted by atomic mass is 35.5. The van der Waals surface area contributed by atoms with Crippen LogP contribution in [0.3, 0.4) is 0 Å². The van der Waals surface area contributed by atoms with Crippen LogP contribution in [0, 0.1) is 13.8 Å². The number of aromatic nitrogens is 2. The third kappa shape index (κ3) is 4.06. The summed E-state index contributed by atoms with van der Waals surface area (Å²) in [5.41, 5.74) is 8.84. The number of nitrogens with two attached hydrogens (primary N) is 1. The number of nitrogens with one attached hydrogen (secondary N) is 1. The molecule has 0 saturated carbocycles. The molecule has 2 aromatic carbocycles. The maximum Gasteiger partial charge on any atom is 0.342 e. The molecule has 0 bridgehead atoms. The highest BCUT2D eigenvalue weighted by Crippen LogP contribution is 2.35. The van der Waals surface area contributed by atoms with E-state index in [-0.39, 0.29) is 40.0 Å². The molecular weight excluding hydrogens is 450 g/mol. The van der Waals surface area contributed by atoms with Gasteiger partial charge in [-0.1, -0.05) is 41.4 Å². The summed E-state index contributed by atoms with van der Waals surface area (Å²) in [5.74, 6) is -0.187. The van der Waals surface area contributed by atoms with Crippen molar-refractivity contribution in [2.45, 2.75) is 20.5 Å². The van der Waals surface area contributed by atoms with Crippen LogP contribution in [0.5, 0.6) is 5.75 Å². The van der Waals surface area contributed by atoms with E-state index in [2.05, 4.69) is 9.97 Å². The van der Waals surface area contributed by atoms with E-state index >= 15 is 0 Å². The minimum atomic E-state index is -0.672. The first-order chi connectivity index (χ1) is 15.3. The molecule has 0 aliphatic carbocycles. The van der Waals surface area contributed by atoms with Gasteiger partial charge in [0.1, 0.15) is 28.6 Å². The van der Waals surface area contributed by atoms with E-state index in [0.29, 0.717) is 10.2 Å². The van der Waals surface area contributed by atoms with Crippen molar-refractivity contribution in [3.05, 3.63) is 73.6 Å². The lowest BCUT2D eigenvalue weighted by molar-refractivity contribution is 0.0459. The van der Waals surface area contributed by atoms with Crippen molar-refractivity contribution in [1.82, 2.24) is 9.97 Å². The second-order valence-corrected chi connectivity index (χ2v) is 8.85. The second kappa shape index (κ2) is 8.64. The first kappa shape index (κ1) is 21.9. The van der Waals surface area contributed by atoms with E-state index in [1.54, 1.807) is 0 Å². The van der Waals surface area contributed by atoms with Crippen molar-refractivity contribution in [2.75, 3.05) is 12.8 Å². The summed E-state index contributed by atoms with van der Waals surface area (Å²) in [6.07, 6.45) is 0. The van der Waals surface area contributed by atoms with Gasteiger partial charge in [-0.15, -0.1) is 11.3 Å². The molecule has 2 heterocycles. The van der Waals surface area contributed by atoms with Crippen LogP contribution in [0.25, 0.3) is 21.3 Å². The molecule has 4 rings (SSSR count). The molecule has 0 aliphatic rings. The zero-order valence-corrected chi connectivity index (χ0v) is 19.2. The van der Waals surface area contributed by atoms with Crippen LogP contribution in [-0.2, 0) is 11.3 Å². The number of carbonyl (C=O) groups excluding carboxylic acids is 1. The molecule has 0 aliphatic heterocycles. The van der Waals surface area contributed by atoms with Crippen molar-refractivity contribution in [3.63, 3.8) is 0 Å². The van der Waals surface area contributed by atoms with E-state index in [1.807, 2.05) is 38.1 Å². The molecule has 0 spiro atoms. The van der Waals surface area contributed by atoms with Crippen LogP contribution in [-0.4, -0.2) is 23.0 Å². The Kier molecular flexibility index (Phi) is 5.90. The predicted molar refractivity (Wildman–Crippen MR) is 127 cm³/mol. The lowest BCUT2D eigenvalue weighted by Gasteiger charge is -2.10. The largest absolute Gasteiger partial charge is 0.496 e. The molecule has 0 atom stereocenters. The number of halogens is 1. The van der Waals surface area contributed by atoms with Crippen molar-refractivity contribution >= 4 is 44.8 Å². The minimum Gasteiger partial charge on any atom is -0.496 e. The van der Waals surface area contributed by atoms with Gasteiger partial charge < -0.3 is 20.2 Å². The number of carbonyl (C=O) groups is 1. The Morgan fingerprint density at radius 2 is 1.94 bits per heavy atom. The number of rotatable bonds is 5. The fourth-order valence-electron chi connectivity index (χ4n) is 3.41. The van der Waals surface area contributed by atoms with Crippen LogP contribution in [0.15, 0.2) is 41.2 Å². The number of benzene rings is 2. The summed E-state index contributed by atoms with van der Waals surface area (Å²) in [5, 5.41) is 0.738. The first-order valence-corrected chi connectivity index (χ1v) is 10.9. The SMILES string of the molecule is COc1cc(N)c(Cl)cc1C(=O)OCc1nc2sc(C)c(-c3ccc(C)cc3)c2c(=O)[nH]1. The number of methoxy groups -OCH3 is 1. The Hall–Kier alpha value is -3.36. The maximum atomic E-state index is 12.9. The van der Waals surface area contributed by atoms with E-state index in [4.69, 9.17) is 26.8 Å². The summed E-state index contributed by atoms with van der Waals surface area (Å²) in [7, 11) is 1.41. The Balaban J connectivity index is 1.63. The minimum absolute atomic E-state index is 0.128. The van der Waals surface area contributed by atoms with E-state index in [9.17, 15) is 9.59 Å². The summed E-state index contributed by atoms with van der Waals surface area (Å²) in [4.78, 5) is 34.3. The fourth-order valence-corrected chi connectivity index (χ4v) is 4.64. The number of aryl methyl sites for hydroxylation is 2. The molecule has 32 heavy (non-hydrogen) atoms. The average molecular weight is 470 g/mol. The smallest absolute Gasteiger partial charge is 0.342 e. The number of ether oxygens (including phenoxy) is 2. The summed E-state index contributed by atoms with van der Waals surface area (Å²) in [6.45, 7) is 3.75. The molecule has 0 saturated heterocycles. The number of anilines is 1. The number of hydrogen-bond acceptors (Lipinski definition) is 7. The third-order valence-electron chi connectivity index (χ3n) is 5.01. The number of aromatic amines is 1. The van der Waals surface area contributed by atoms with Crippen molar-refractivity contribution in [3.8, 4) is 16.9 Å². The molecule has 2 aromatic heterocycles. The number of thiophene rings is 1. The van der Waals surface area contributed by atoms with Gasteiger partial charge in [-0.2, -0.15) is 0 Å². The van der Waals surface area contributed by atoms with Crippen LogP contribution >= 0.6 is 22.9 Å². The highest BCUT2D eigenvalue weighted by molar-refractivity contribution is 7.19. The van der Waals surface area contributed by atoms with E-state index in [0.717, 1.165) is 21.6 Å². The quantitative estimate of drug-likeness (QED) is 0.319. The average Bonchev–Trinajstić information content (AvgIpc) is 3.10. The van der Waals surface area contributed by atoms with Crippen molar-refractivity contribution < 1.29 is 14.3 Å². The van der Waals surface area contributed by atoms with Crippen LogP contribution in [0.1, 0.15) is 26.6 Å². The van der Waals surface area contributed by atoms with Crippen molar-refractivity contribution in [1.29, 1.82) is 0 Å². The number of nitrogens with zero attached hydrogens (tertiary/aromatic N) is 1. The van der Waals surface area contributed by atoms with Gasteiger partial charge in [-0.25, -0.2) is 9.78 Å². The standard InChI is InChI=1S/C23H20ClN3O4S/c1-11-4-6-13(7-5-11)19-12(2)32-22-20(19)21(28)26-18(27-22)10-31-23(29)14-8-15(24)16(25)9-17(14)30-3/h4-9H,10,25H2,1-3H3,(H,26,27,28). The predicted octanol–water partition coefficient (Wildman–Crippen LogP) is 4.87. The van der Waals surface area contributed by atoms with Crippen molar-refractivity contribution in [2.24, 2.45) is 0 Å². The van der Waals surface area contributed by atoms with Gasteiger partial charge in [0, 0.05) is 16.5 Å². The molecule has 9 heteroatoms. The fraction of sp³-hybridized carbons (Fsp3) is 0.174. The van der Waals surface area contributed by atoms with Gasteiger partial charge in [-0.3, -0.25) is 4.79 Å². The lowest BCUT2D eigenvalue weighted by Crippen LogP contribution is -2.14. The Bertz CT molecular complexity index is 1390. The van der Waals surface area contributed by atoms with Gasteiger partial charge in [0.25, 0.3) is 5.56 Å². The first-order valence-electron chi connectivity index (χ1n) is 9.68. The maximum absolute atomic E-state index is 12.9. The highest BCUT2D eigenvalue weighted by Gasteiger charge is 2.19. The molecule has 164 valence electrons. The van der Waals surface area contributed by atoms with Crippen LogP contribution in [0.2, 0.25) is 5.02 Å². The second-order valence-electron chi connectivity index (χ2n) is 7.24. The molecule has 7 nitrogen and oxygen atoms in total.